The van der Waals surface area contributed by atoms with Gasteiger partial charge in [-0.1, -0.05) is 57.8 Å². The minimum Gasteiger partial charge on any atom is -0.520 e. The molecule has 6 heteroatoms. The van der Waals surface area contributed by atoms with E-state index in [-0.39, 0.29) is 5.97 Å². The molecule has 1 fully saturated rings. The molecule has 1 saturated heterocycles. The maximum Gasteiger partial charge on any atom is 0.292 e. The Bertz CT molecular complexity index is 457. The van der Waals surface area contributed by atoms with Crippen LogP contribution in [-0.4, -0.2) is 41.4 Å². The van der Waals surface area contributed by atoms with E-state index < -0.39 is 16.6 Å². The Labute approximate surface area is 189 Å². The maximum absolute atomic E-state index is 11.7. The van der Waals surface area contributed by atoms with Gasteiger partial charge in [-0.15, -0.1) is 0 Å². The van der Waals surface area contributed by atoms with Crippen molar-refractivity contribution in [1.29, 1.82) is 0 Å². The summed E-state index contributed by atoms with van der Waals surface area (Å²) in [7, 11) is -3.02. The van der Waals surface area contributed by atoms with Gasteiger partial charge < -0.3 is 13.6 Å². The highest BCUT2D eigenvalue weighted by Crippen LogP contribution is 2.31. The van der Waals surface area contributed by atoms with Crippen LogP contribution in [0.3, 0.4) is 0 Å². The first kappa shape index (κ1) is 27.9. The lowest BCUT2D eigenvalue weighted by atomic mass is 10.0. The van der Waals surface area contributed by atoms with Gasteiger partial charge in [-0.3, -0.25) is 4.79 Å². The first-order valence-electron chi connectivity index (χ1n) is 12.6. The van der Waals surface area contributed by atoms with Crippen LogP contribution in [0.2, 0.25) is 39.3 Å². The summed E-state index contributed by atoms with van der Waals surface area (Å²) < 4.78 is 17.2. The van der Waals surface area contributed by atoms with Crippen molar-refractivity contribution in [3.63, 3.8) is 0 Å². The third kappa shape index (κ3) is 17.5. The quantitative estimate of drug-likeness (QED) is 0.115. The molecule has 4 nitrogen and oxygen atoms in total. The lowest BCUT2D eigenvalue weighted by molar-refractivity contribution is -0.135. The molecule has 0 amide bonds. The predicted molar refractivity (Wildman–Crippen MR) is 132 cm³/mol. The van der Waals surface area contributed by atoms with Gasteiger partial charge in [-0.25, -0.2) is 0 Å². The van der Waals surface area contributed by atoms with Gasteiger partial charge in [0, 0.05) is 13.0 Å². The van der Waals surface area contributed by atoms with Crippen LogP contribution in [0.25, 0.3) is 0 Å². The minimum atomic E-state index is -1.71. The second kappa shape index (κ2) is 14.8. The van der Waals surface area contributed by atoms with E-state index in [0.29, 0.717) is 18.6 Å². The molecule has 1 rings (SSSR count). The van der Waals surface area contributed by atoms with Gasteiger partial charge in [-0.05, 0) is 65.0 Å². The van der Waals surface area contributed by atoms with E-state index in [1.54, 1.807) is 0 Å². The highest BCUT2D eigenvalue weighted by molar-refractivity contribution is 6.71. The SMILES string of the molecule is C[Si](C)(C)OCCCCCCCCC1OC1CCCCCCCC(=O)O[Si](C)(C)C. The first-order valence-corrected chi connectivity index (χ1v) is 19.4. The Balaban J connectivity index is 1.80. The Morgan fingerprint density at radius 3 is 1.63 bits per heavy atom. The molecule has 2 unspecified atom stereocenters. The Kier molecular flexibility index (Phi) is 13.7. The molecule has 0 aromatic heterocycles. The molecule has 2 atom stereocenters. The monoisotopic (exact) mass is 458 g/mol. The van der Waals surface area contributed by atoms with E-state index in [1.165, 1.54) is 70.6 Å². The molecule has 0 bridgehead atoms. The lowest BCUT2D eigenvalue weighted by Gasteiger charge is -2.17. The van der Waals surface area contributed by atoms with Crippen molar-refractivity contribution in [1.82, 2.24) is 0 Å². The summed E-state index contributed by atoms with van der Waals surface area (Å²) in [5, 5.41) is 0. The van der Waals surface area contributed by atoms with Gasteiger partial charge in [0.15, 0.2) is 8.32 Å². The molecule has 1 aliphatic rings. The fourth-order valence-corrected chi connectivity index (χ4v) is 5.30. The van der Waals surface area contributed by atoms with Gasteiger partial charge in [0.2, 0.25) is 8.32 Å². The summed E-state index contributed by atoms with van der Waals surface area (Å²) in [6.45, 7) is 13.9. The van der Waals surface area contributed by atoms with E-state index in [9.17, 15) is 4.79 Å². The minimum absolute atomic E-state index is 0.000518. The van der Waals surface area contributed by atoms with Crippen molar-refractivity contribution in [2.75, 3.05) is 6.61 Å². The van der Waals surface area contributed by atoms with E-state index in [1.807, 2.05) is 0 Å². The van der Waals surface area contributed by atoms with Crippen LogP contribution in [0.4, 0.5) is 0 Å². The maximum atomic E-state index is 11.7. The smallest absolute Gasteiger partial charge is 0.292 e. The van der Waals surface area contributed by atoms with Gasteiger partial charge in [0.05, 0.1) is 12.2 Å². The van der Waals surface area contributed by atoms with Crippen molar-refractivity contribution in [3.05, 3.63) is 0 Å². The molecule has 0 spiro atoms. The van der Waals surface area contributed by atoms with Crippen molar-refractivity contribution < 1.29 is 18.4 Å². The Morgan fingerprint density at radius 2 is 1.13 bits per heavy atom. The highest BCUT2D eigenvalue weighted by atomic mass is 28.4. The standard InChI is InChI=1S/C24H50O4Si2/c1-29(2,3)26-21-17-13-8-7-10-14-18-22-23(27-22)19-15-11-9-12-16-20-24(25)28-30(4,5)6/h22-23H,7-21H2,1-6H3. The molecule has 1 heterocycles. The van der Waals surface area contributed by atoms with Crippen LogP contribution in [0, 0.1) is 0 Å². The molecule has 0 radical (unpaired) electrons. The average Bonchev–Trinajstić information content (AvgIpc) is 3.35. The summed E-state index contributed by atoms with van der Waals surface area (Å²) in [6.07, 6.45) is 17.9. The van der Waals surface area contributed by atoms with Crippen LogP contribution in [-0.2, 0) is 18.4 Å². The second-order valence-electron chi connectivity index (χ2n) is 11.0. The second-order valence-corrected chi connectivity index (χ2v) is 19.9. The van der Waals surface area contributed by atoms with Crippen LogP contribution in [0.1, 0.15) is 89.9 Å². The fourth-order valence-electron chi connectivity index (χ4n) is 3.76. The topological polar surface area (TPSA) is 48.1 Å². The number of unbranched alkanes of at least 4 members (excludes halogenated alkanes) is 9. The van der Waals surface area contributed by atoms with Gasteiger partial charge in [0.1, 0.15) is 0 Å². The fraction of sp³-hybridized carbons (Fsp3) is 0.958. The molecule has 0 aliphatic carbocycles. The van der Waals surface area contributed by atoms with Crippen molar-refractivity contribution in [2.45, 2.75) is 141 Å². The van der Waals surface area contributed by atoms with Gasteiger partial charge in [-0.2, -0.15) is 0 Å². The third-order valence-corrected chi connectivity index (χ3v) is 7.31. The van der Waals surface area contributed by atoms with E-state index in [2.05, 4.69) is 39.3 Å². The molecule has 0 saturated carbocycles. The van der Waals surface area contributed by atoms with Gasteiger partial charge >= 0.3 is 0 Å². The summed E-state index contributed by atoms with van der Waals surface area (Å²) >= 11 is 0. The Morgan fingerprint density at radius 1 is 0.667 bits per heavy atom. The number of hydrogen-bond donors (Lipinski definition) is 0. The summed E-state index contributed by atoms with van der Waals surface area (Å²) in [4.78, 5) is 11.7. The summed E-state index contributed by atoms with van der Waals surface area (Å²) in [6, 6.07) is 0. The number of ether oxygens (including phenoxy) is 1. The number of carbonyl (C=O) groups excluding carboxylic acids is 1. The Hall–Kier alpha value is -0.176. The van der Waals surface area contributed by atoms with Crippen molar-refractivity contribution in [3.8, 4) is 0 Å². The van der Waals surface area contributed by atoms with E-state index in [4.69, 9.17) is 13.6 Å². The molecular weight excluding hydrogens is 408 g/mol. The number of epoxide rings is 1. The molecule has 0 aromatic rings. The van der Waals surface area contributed by atoms with Crippen LogP contribution >= 0.6 is 0 Å². The van der Waals surface area contributed by atoms with Crippen LogP contribution < -0.4 is 0 Å². The third-order valence-electron chi connectivity index (χ3n) is 5.40. The molecular formula is C24H50O4Si2. The number of hydrogen-bond acceptors (Lipinski definition) is 4. The highest BCUT2D eigenvalue weighted by Gasteiger charge is 2.36. The summed E-state index contributed by atoms with van der Waals surface area (Å²) in [5.74, 6) is -0.000518. The van der Waals surface area contributed by atoms with Gasteiger partial charge in [0.25, 0.3) is 5.97 Å². The van der Waals surface area contributed by atoms with E-state index in [0.717, 1.165) is 19.4 Å². The van der Waals surface area contributed by atoms with Crippen LogP contribution in [0.5, 0.6) is 0 Å². The normalized spacial score (nSPS) is 19.1. The zero-order valence-electron chi connectivity index (χ0n) is 20.9. The molecule has 30 heavy (non-hydrogen) atoms. The zero-order valence-corrected chi connectivity index (χ0v) is 22.9. The largest absolute Gasteiger partial charge is 0.520 e. The molecule has 0 N–H and O–H groups in total. The molecule has 178 valence electrons. The number of carbonyl (C=O) groups is 1. The number of rotatable bonds is 19. The average molecular weight is 459 g/mol. The lowest BCUT2D eigenvalue weighted by Crippen LogP contribution is -2.28. The van der Waals surface area contributed by atoms with Crippen LogP contribution in [0.15, 0.2) is 0 Å². The van der Waals surface area contributed by atoms with Crippen molar-refractivity contribution >= 4 is 22.6 Å². The zero-order chi connectivity index (χ0) is 22.5. The predicted octanol–water partition coefficient (Wildman–Crippen LogP) is 7.44. The van der Waals surface area contributed by atoms with Crippen molar-refractivity contribution in [2.24, 2.45) is 0 Å². The molecule has 0 aromatic carbocycles. The van der Waals surface area contributed by atoms with E-state index >= 15 is 0 Å². The molecule has 1 aliphatic heterocycles. The summed E-state index contributed by atoms with van der Waals surface area (Å²) in [5.41, 5.74) is 0. The first-order chi connectivity index (χ1) is 14.1.